The summed E-state index contributed by atoms with van der Waals surface area (Å²) >= 11 is 0. The third kappa shape index (κ3) is 4.75. The lowest BCUT2D eigenvalue weighted by Crippen LogP contribution is -2.35. The van der Waals surface area contributed by atoms with Crippen LogP contribution in [0.2, 0.25) is 0 Å². The van der Waals surface area contributed by atoms with Crippen LogP contribution in [0.5, 0.6) is 0 Å². The van der Waals surface area contributed by atoms with Gasteiger partial charge in [0.15, 0.2) is 11.7 Å². The Morgan fingerprint density at radius 2 is 1.70 bits per heavy atom. The minimum absolute atomic E-state index is 0.0860. The molecule has 0 aliphatic carbocycles. The number of nitrogens with one attached hydrogen (secondary N) is 1. The number of amides is 1. The van der Waals surface area contributed by atoms with Gasteiger partial charge in [-0.05, 0) is 23.3 Å². The van der Waals surface area contributed by atoms with E-state index in [0.29, 0.717) is 5.56 Å². The number of rotatable bonds is 6. The number of ketones is 1. The molecule has 0 heterocycles. The van der Waals surface area contributed by atoms with Crippen molar-refractivity contribution in [1.82, 2.24) is 5.32 Å². The van der Waals surface area contributed by atoms with Gasteiger partial charge in [-0.1, -0.05) is 42.5 Å². The van der Waals surface area contributed by atoms with Crippen LogP contribution in [0.4, 0.5) is 4.39 Å². The van der Waals surface area contributed by atoms with Gasteiger partial charge in [0.25, 0.3) is 0 Å². The molecule has 0 aliphatic rings. The Hall–Kier alpha value is -3.00. The Balaban J connectivity index is 1.95. The Bertz CT molecular complexity index is 721. The lowest BCUT2D eigenvalue weighted by molar-refractivity contribution is -0.131. The fraction of sp³-hybridized carbons (Fsp3) is 0.167. The molecule has 2 aromatic rings. The number of carbonyl (C=O) groups is 2. The Morgan fingerprint density at radius 1 is 1.04 bits per heavy atom. The number of benzene rings is 2. The molecule has 23 heavy (non-hydrogen) atoms. The maximum atomic E-state index is 12.8. The molecule has 0 aliphatic heterocycles. The van der Waals surface area contributed by atoms with E-state index in [9.17, 15) is 14.0 Å². The van der Waals surface area contributed by atoms with Gasteiger partial charge in [0, 0.05) is 13.0 Å². The molecule has 2 rings (SSSR count). The monoisotopic (exact) mass is 310 g/mol. The summed E-state index contributed by atoms with van der Waals surface area (Å²) in [6, 6.07) is 16.3. The van der Waals surface area contributed by atoms with Gasteiger partial charge in [0.05, 0.1) is 6.07 Å². The summed E-state index contributed by atoms with van der Waals surface area (Å²) in [7, 11) is 0. The average Bonchev–Trinajstić information content (AvgIpc) is 2.57. The summed E-state index contributed by atoms with van der Waals surface area (Å²) in [5.74, 6) is -2.91. The number of nitrogens with zero attached hydrogens (tertiary/aromatic N) is 1. The SMILES string of the molecule is N#C[C@@H](C(=O)Cc1ccc(F)cc1)C(=O)NCc1ccccc1. The van der Waals surface area contributed by atoms with Crippen molar-refractivity contribution in [1.29, 1.82) is 5.26 Å². The number of hydrogen-bond donors (Lipinski definition) is 1. The molecule has 1 N–H and O–H groups in total. The summed E-state index contributed by atoms with van der Waals surface area (Å²) in [6.45, 7) is 0.252. The molecule has 0 bridgehead atoms. The molecule has 5 heteroatoms. The first-order chi connectivity index (χ1) is 11.1. The number of hydrogen-bond acceptors (Lipinski definition) is 3. The summed E-state index contributed by atoms with van der Waals surface area (Å²) in [5, 5.41) is 11.7. The molecule has 1 amide bonds. The van der Waals surface area contributed by atoms with E-state index in [1.54, 1.807) is 6.07 Å². The van der Waals surface area contributed by atoms with E-state index in [4.69, 9.17) is 5.26 Å². The first kappa shape index (κ1) is 16.4. The highest BCUT2D eigenvalue weighted by Crippen LogP contribution is 2.08. The number of Topliss-reactive ketones (excluding diaryl/α,β-unsaturated/α-hetero) is 1. The predicted molar refractivity (Wildman–Crippen MR) is 82.5 cm³/mol. The van der Waals surface area contributed by atoms with Gasteiger partial charge >= 0.3 is 0 Å². The fourth-order valence-electron chi connectivity index (χ4n) is 2.07. The standard InChI is InChI=1S/C18H15FN2O2/c19-15-8-6-13(7-9-15)10-17(22)16(11-20)18(23)21-12-14-4-2-1-3-5-14/h1-9,16H,10,12H2,(H,21,23)/t16-/m0/s1. The Labute approximate surface area is 133 Å². The number of halogens is 1. The highest BCUT2D eigenvalue weighted by molar-refractivity contribution is 6.04. The van der Waals surface area contributed by atoms with Crippen LogP contribution in [0.25, 0.3) is 0 Å². The second-order valence-electron chi connectivity index (χ2n) is 5.04. The zero-order valence-corrected chi connectivity index (χ0v) is 12.3. The summed E-state index contributed by atoms with van der Waals surface area (Å²) in [4.78, 5) is 24.1. The minimum Gasteiger partial charge on any atom is -0.350 e. The quantitative estimate of drug-likeness (QED) is 0.833. The lowest BCUT2D eigenvalue weighted by atomic mass is 9.98. The number of carbonyl (C=O) groups excluding carboxylic acids is 2. The fourth-order valence-corrected chi connectivity index (χ4v) is 2.07. The normalized spacial score (nSPS) is 11.3. The van der Waals surface area contributed by atoms with Crippen LogP contribution in [0, 0.1) is 23.1 Å². The van der Waals surface area contributed by atoms with Crippen molar-refractivity contribution in [2.75, 3.05) is 0 Å². The van der Waals surface area contributed by atoms with Gasteiger partial charge in [-0.3, -0.25) is 9.59 Å². The zero-order valence-electron chi connectivity index (χ0n) is 12.3. The molecule has 1 atom stereocenters. The van der Waals surface area contributed by atoms with E-state index >= 15 is 0 Å². The van der Waals surface area contributed by atoms with E-state index < -0.39 is 23.4 Å². The molecule has 0 radical (unpaired) electrons. The molecule has 0 saturated carbocycles. The third-order valence-electron chi connectivity index (χ3n) is 3.31. The Kier molecular flexibility index (Phi) is 5.59. The van der Waals surface area contributed by atoms with Crippen LogP contribution in [0.15, 0.2) is 54.6 Å². The van der Waals surface area contributed by atoms with Gasteiger partial charge in [-0.2, -0.15) is 5.26 Å². The first-order valence-corrected chi connectivity index (χ1v) is 7.08. The van der Waals surface area contributed by atoms with E-state index in [2.05, 4.69) is 5.32 Å². The van der Waals surface area contributed by atoms with Gasteiger partial charge in [0.1, 0.15) is 5.82 Å². The second kappa shape index (κ2) is 7.85. The van der Waals surface area contributed by atoms with Crippen molar-refractivity contribution in [3.05, 3.63) is 71.5 Å². The highest BCUT2D eigenvalue weighted by atomic mass is 19.1. The summed E-state index contributed by atoms with van der Waals surface area (Å²) in [5.41, 5.74) is 1.44. The molecule has 0 aromatic heterocycles. The van der Waals surface area contributed by atoms with E-state index in [1.165, 1.54) is 24.3 Å². The number of nitriles is 1. The maximum absolute atomic E-state index is 12.8. The maximum Gasteiger partial charge on any atom is 0.245 e. The molecule has 0 unspecified atom stereocenters. The van der Waals surface area contributed by atoms with Crippen LogP contribution in [0.1, 0.15) is 11.1 Å². The zero-order chi connectivity index (χ0) is 16.7. The van der Waals surface area contributed by atoms with Crippen molar-refractivity contribution < 1.29 is 14.0 Å². The van der Waals surface area contributed by atoms with Crippen LogP contribution in [-0.4, -0.2) is 11.7 Å². The van der Waals surface area contributed by atoms with Crippen LogP contribution in [0.3, 0.4) is 0 Å². The second-order valence-corrected chi connectivity index (χ2v) is 5.04. The van der Waals surface area contributed by atoms with Gasteiger partial charge in [-0.15, -0.1) is 0 Å². The van der Waals surface area contributed by atoms with E-state index in [1.807, 2.05) is 30.3 Å². The molecular weight excluding hydrogens is 295 g/mol. The highest BCUT2D eigenvalue weighted by Gasteiger charge is 2.26. The van der Waals surface area contributed by atoms with Crippen molar-refractivity contribution in [3.8, 4) is 6.07 Å². The molecule has 2 aromatic carbocycles. The van der Waals surface area contributed by atoms with Crippen molar-refractivity contribution in [3.63, 3.8) is 0 Å². The Morgan fingerprint density at radius 3 is 2.30 bits per heavy atom. The largest absolute Gasteiger partial charge is 0.350 e. The first-order valence-electron chi connectivity index (χ1n) is 7.08. The summed E-state index contributed by atoms with van der Waals surface area (Å²) < 4.78 is 12.8. The average molecular weight is 310 g/mol. The van der Waals surface area contributed by atoms with Gasteiger partial charge < -0.3 is 5.32 Å². The molecular formula is C18H15FN2O2. The molecule has 4 nitrogen and oxygen atoms in total. The molecule has 0 saturated heterocycles. The molecule has 0 fully saturated rings. The van der Waals surface area contributed by atoms with Crippen molar-refractivity contribution in [2.45, 2.75) is 13.0 Å². The minimum atomic E-state index is -1.37. The van der Waals surface area contributed by atoms with Crippen LogP contribution < -0.4 is 5.32 Å². The molecule has 116 valence electrons. The smallest absolute Gasteiger partial charge is 0.245 e. The van der Waals surface area contributed by atoms with Gasteiger partial charge in [-0.25, -0.2) is 4.39 Å². The van der Waals surface area contributed by atoms with Gasteiger partial charge in [0.2, 0.25) is 5.91 Å². The predicted octanol–water partition coefficient (Wildman–Crippen LogP) is 2.39. The third-order valence-corrected chi connectivity index (χ3v) is 3.31. The van der Waals surface area contributed by atoms with Crippen molar-refractivity contribution >= 4 is 11.7 Å². The van der Waals surface area contributed by atoms with Crippen molar-refractivity contribution in [2.24, 2.45) is 5.92 Å². The lowest BCUT2D eigenvalue weighted by Gasteiger charge is -2.10. The van der Waals surface area contributed by atoms with Crippen LogP contribution >= 0.6 is 0 Å². The summed E-state index contributed by atoms with van der Waals surface area (Å²) in [6.07, 6.45) is -0.0860. The van der Waals surface area contributed by atoms with E-state index in [-0.39, 0.29) is 13.0 Å². The topological polar surface area (TPSA) is 70.0 Å². The van der Waals surface area contributed by atoms with E-state index in [0.717, 1.165) is 5.56 Å². The van der Waals surface area contributed by atoms with Crippen LogP contribution in [-0.2, 0) is 22.6 Å². The molecule has 0 spiro atoms.